The van der Waals surface area contributed by atoms with Crippen LogP contribution in [0.5, 0.6) is 0 Å². The summed E-state index contributed by atoms with van der Waals surface area (Å²) in [6, 6.07) is 0. The van der Waals surface area contributed by atoms with E-state index in [1.807, 2.05) is 13.8 Å². The van der Waals surface area contributed by atoms with E-state index in [0.29, 0.717) is 11.8 Å². The van der Waals surface area contributed by atoms with Gasteiger partial charge in [-0.2, -0.15) is 4.98 Å². The summed E-state index contributed by atoms with van der Waals surface area (Å²) in [5.74, 6) is 2.90. The van der Waals surface area contributed by atoms with E-state index in [4.69, 9.17) is 10.3 Å². The van der Waals surface area contributed by atoms with Crippen molar-refractivity contribution < 1.29 is 4.52 Å². The van der Waals surface area contributed by atoms with Crippen LogP contribution in [0.15, 0.2) is 4.52 Å². The van der Waals surface area contributed by atoms with E-state index >= 15 is 0 Å². The van der Waals surface area contributed by atoms with Gasteiger partial charge in [-0.05, 0) is 59.3 Å². The Morgan fingerprint density at radius 3 is 2.25 bits per heavy atom. The SMILES string of the molecule is CCC1CCC(c2noc(C(C)(C)C(C)(C)N)n2)CC1. The van der Waals surface area contributed by atoms with Crippen LogP contribution in [-0.4, -0.2) is 15.7 Å². The Morgan fingerprint density at radius 2 is 1.75 bits per heavy atom. The maximum absolute atomic E-state index is 6.24. The van der Waals surface area contributed by atoms with Crippen LogP contribution in [0.25, 0.3) is 0 Å². The molecule has 0 aromatic carbocycles. The van der Waals surface area contributed by atoms with Crippen LogP contribution in [0.4, 0.5) is 0 Å². The lowest BCUT2D eigenvalue weighted by Gasteiger charge is -2.34. The maximum Gasteiger partial charge on any atom is 0.234 e. The molecule has 114 valence electrons. The van der Waals surface area contributed by atoms with Crippen molar-refractivity contribution in [1.82, 2.24) is 10.1 Å². The van der Waals surface area contributed by atoms with Crippen LogP contribution >= 0.6 is 0 Å². The highest BCUT2D eigenvalue weighted by Gasteiger charge is 2.40. The van der Waals surface area contributed by atoms with Gasteiger partial charge in [0.2, 0.25) is 5.89 Å². The molecule has 20 heavy (non-hydrogen) atoms. The van der Waals surface area contributed by atoms with Crippen LogP contribution in [0.2, 0.25) is 0 Å². The second kappa shape index (κ2) is 5.47. The molecule has 1 fully saturated rings. The van der Waals surface area contributed by atoms with Gasteiger partial charge in [0.15, 0.2) is 5.82 Å². The minimum atomic E-state index is -0.392. The Balaban J connectivity index is 2.10. The van der Waals surface area contributed by atoms with Crippen LogP contribution < -0.4 is 5.73 Å². The van der Waals surface area contributed by atoms with E-state index < -0.39 is 5.54 Å². The Hall–Kier alpha value is -0.900. The van der Waals surface area contributed by atoms with E-state index in [-0.39, 0.29) is 5.41 Å². The van der Waals surface area contributed by atoms with Crippen molar-refractivity contribution >= 4 is 0 Å². The average Bonchev–Trinajstić information content (AvgIpc) is 2.87. The molecule has 1 aromatic rings. The number of aromatic nitrogens is 2. The monoisotopic (exact) mass is 279 g/mol. The first kappa shape index (κ1) is 15.5. The molecule has 1 aliphatic rings. The first-order chi connectivity index (χ1) is 9.25. The summed E-state index contributed by atoms with van der Waals surface area (Å²) in [5, 5.41) is 4.23. The molecule has 0 aliphatic heterocycles. The predicted molar refractivity (Wildman–Crippen MR) is 80.6 cm³/mol. The third-order valence-corrected chi connectivity index (χ3v) is 5.38. The summed E-state index contributed by atoms with van der Waals surface area (Å²) >= 11 is 0. The standard InChI is InChI=1S/C16H29N3O/c1-6-11-7-9-12(10-8-11)13-18-14(20-19-13)15(2,3)16(4,5)17/h11-12H,6-10,17H2,1-5H3. The average molecular weight is 279 g/mol. The molecule has 0 spiro atoms. The lowest BCUT2D eigenvalue weighted by Crippen LogP contribution is -2.50. The summed E-state index contributed by atoms with van der Waals surface area (Å²) in [6.45, 7) is 10.4. The van der Waals surface area contributed by atoms with E-state index in [1.165, 1.54) is 32.1 Å². The van der Waals surface area contributed by atoms with Gasteiger partial charge >= 0.3 is 0 Å². The van der Waals surface area contributed by atoms with Crippen molar-refractivity contribution in [3.05, 3.63) is 11.7 Å². The van der Waals surface area contributed by atoms with Gasteiger partial charge in [-0.15, -0.1) is 0 Å². The quantitative estimate of drug-likeness (QED) is 0.911. The third kappa shape index (κ3) is 2.90. The Bertz CT molecular complexity index is 437. The molecule has 1 heterocycles. The van der Waals surface area contributed by atoms with Gasteiger partial charge in [-0.1, -0.05) is 18.5 Å². The van der Waals surface area contributed by atoms with Crippen LogP contribution in [0.1, 0.15) is 84.4 Å². The van der Waals surface area contributed by atoms with E-state index in [1.54, 1.807) is 0 Å². The highest BCUT2D eigenvalue weighted by molar-refractivity contribution is 5.12. The van der Waals surface area contributed by atoms with Crippen molar-refractivity contribution in [3.63, 3.8) is 0 Å². The zero-order chi connectivity index (χ0) is 15.0. The third-order valence-electron chi connectivity index (χ3n) is 5.38. The molecule has 1 aromatic heterocycles. The highest BCUT2D eigenvalue weighted by atomic mass is 16.5. The summed E-state index contributed by atoms with van der Waals surface area (Å²) in [5.41, 5.74) is 5.53. The number of nitrogens with zero attached hydrogens (tertiary/aromatic N) is 2. The molecule has 0 saturated heterocycles. The largest absolute Gasteiger partial charge is 0.339 e. The van der Waals surface area contributed by atoms with E-state index in [0.717, 1.165) is 11.7 Å². The first-order valence-corrected chi connectivity index (χ1v) is 7.88. The van der Waals surface area contributed by atoms with E-state index in [9.17, 15) is 0 Å². The Kier molecular flexibility index (Phi) is 4.24. The molecular formula is C16H29N3O. The zero-order valence-corrected chi connectivity index (χ0v) is 13.6. The molecule has 2 rings (SSSR count). The van der Waals surface area contributed by atoms with E-state index in [2.05, 4.69) is 30.9 Å². The van der Waals surface area contributed by atoms with Gasteiger partial charge in [0.05, 0.1) is 5.41 Å². The number of hydrogen-bond donors (Lipinski definition) is 1. The molecule has 0 bridgehead atoms. The summed E-state index contributed by atoms with van der Waals surface area (Å²) in [6.07, 6.45) is 6.24. The maximum atomic E-state index is 6.24. The van der Waals surface area contributed by atoms with Crippen molar-refractivity contribution in [2.75, 3.05) is 0 Å². The van der Waals surface area contributed by atoms with Gasteiger partial charge in [0.1, 0.15) is 0 Å². The van der Waals surface area contributed by atoms with Crippen LogP contribution in [-0.2, 0) is 5.41 Å². The molecule has 0 amide bonds. The van der Waals surface area contributed by atoms with Crippen molar-refractivity contribution in [2.24, 2.45) is 11.7 Å². The minimum absolute atomic E-state index is 0.321. The molecule has 1 saturated carbocycles. The molecule has 0 unspecified atom stereocenters. The fourth-order valence-corrected chi connectivity index (χ4v) is 2.76. The number of rotatable bonds is 4. The van der Waals surface area contributed by atoms with Gasteiger partial charge in [-0.3, -0.25) is 0 Å². The molecular weight excluding hydrogens is 250 g/mol. The molecule has 4 nitrogen and oxygen atoms in total. The molecule has 2 N–H and O–H groups in total. The van der Waals surface area contributed by atoms with Crippen LogP contribution in [0, 0.1) is 5.92 Å². The molecule has 0 radical (unpaired) electrons. The normalized spacial score (nSPS) is 24.9. The number of hydrogen-bond acceptors (Lipinski definition) is 4. The second-order valence-corrected chi connectivity index (χ2v) is 7.43. The molecule has 1 aliphatic carbocycles. The van der Waals surface area contributed by atoms with Gasteiger partial charge in [-0.25, -0.2) is 0 Å². The van der Waals surface area contributed by atoms with Crippen molar-refractivity contribution in [2.45, 2.75) is 83.6 Å². The summed E-state index contributed by atoms with van der Waals surface area (Å²) in [7, 11) is 0. The van der Waals surface area contributed by atoms with Gasteiger partial charge in [0, 0.05) is 11.5 Å². The smallest absolute Gasteiger partial charge is 0.234 e. The first-order valence-electron chi connectivity index (χ1n) is 7.88. The topological polar surface area (TPSA) is 64.9 Å². The zero-order valence-electron chi connectivity index (χ0n) is 13.6. The Labute approximate surface area is 122 Å². The minimum Gasteiger partial charge on any atom is -0.339 e. The van der Waals surface area contributed by atoms with Crippen molar-refractivity contribution in [1.29, 1.82) is 0 Å². The fraction of sp³-hybridized carbons (Fsp3) is 0.875. The molecule has 0 atom stereocenters. The summed E-state index contributed by atoms with van der Waals surface area (Å²) in [4.78, 5) is 4.67. The lowest BCUT2D eigenvalue weighted by molar-refractivity contribution is 0.222. The summed E-state index contributed by atoms with van der Waals surface area (Å²) < 4.78 is 5.52. The Morgan fingerprint density at radius 1 is 1.15 bits per heavy atom. The second-order valence-electron chi connectivity index (χ2n) is 7.43. The highest BCUT2D eigenvalue weighted by Crippen LogP contribution is 2.37. The van der Waals surface area contributed by atoms with Gasteiger partial charge < -0.3 is 10.3 Å². The van der Waals surface area contributed by atoms with Crippen LogP contribution in [0.3, 0.4) is 0 Å². The van der Waals surface area contributed by atoms with Gasteiger partial charge in [0.25, 0.3) is 0 Å². The van der Waals surface area contributed by atoms with Crippen molar-refractivity contribution in [3.8, 4) is 0 Å². The number of nitrogens with two attached hydrogens (primary N) is 1. The fourth-order valence-electron chi connectivity index (χ4n) is 2.76. The predicted octanol–water partition coefficient (Wildman–Crippen LogP) is 3.77. The molecule has 4 heteroatoms. The lowest BCUT2D eigenvalue weighted by atomic mass is 9.75.